The van der Waals surface area contributed by atoms with E-state index in [1.165, 1.54) is 31.4 Å². The normalized spacial score (nSPS) is 13.6. The smallest absolute Gasteiger partial charge is 0.254 e. The summed E-state index contributed by atoms with van der Waals surface area (Å²) >= 11 is 0. The van der Waals surface area contributed by atoms with Crippen LogP contribution in [0.4, 0.5) is 8.78 Å². The molecule has 1 fully saturated rings. The molecule has 0 radical (unpaired) electrons. The molecule has 126 valence electrons. The number of rotatable bonds is 6. The average molecular weight is 331 g/mol. The Bertz CT molecular complexity index is 727. The molecule has 3 rings (SSSR count). The van der Waals surface area contributed by atoms with Gasteiger partial charge in [0.2, 0.25) is 0 Å². The largest absolute Gasteiger partial charge is 0.494 e. The quantitative estimate of drug-likeness (QED) is 0.800. The van der Waals surface area contributed by atoms with Crippen LogP contribution in [0.5, 0.6) is 5.75 Å². The zero-order chi connectivity index (χ0) is 17.1. The molecule has 5 heteroatoms. The lowest BCUT2D eigenvalue weighted by Gasteiger charge is -2.23. The number of carbonyl (C=O) groups excluding carboxylic acids is 1. The van der Waals surface area contributed by atoms with Crippen LogP contribution in [0.15, 0.2) is 42.5 Å². The van der Waals surface area contributed by atoms with Gasteiger partial charge >= 0.3 is 0 Å². The summed E-state index contributed by atoms with van der Waals surface area (Å²) in [6.45, 7) is 1.01. The predicted molar refractivity (Wildman–Crippen MR) is 86.8 cm³/mol. The summed E-state index contributed by atoms with van der Waals surface area (Å²) in [5.41, 5.74) is 1.13. The number of hydrogen-bond acceptors (Lipinski definition) is 2. The van der Waals surface area contributed by atoms with Crippen molar-refractivity contribution in [2.24, 2.45) is 5.92 Å². The van der Waals surface area contributed by atoms with E-state index in [2.05, 4.69) is 0 Å². The van der Waals surface area contributed by atoms with E-state index in [1.807, 2.05) is 0 Å². The third-order valence-corrected chi connectivity index (χ3v) is 4.15. The van der Waals surface area contributed by atoms with Gasteiger partial charge in [0, 0.05) is 18.7 Å². The highest BCUT2D eigenvalue weighted by atomic mass is 19.1. The molecule has 0 spiro atoms. The number of hydrogen-bond donors (Lipinski definition) is 0. The van der Waals surface area contributed by atoms with E-state index < -0.39 is 5.82 Å². The maximum atomic E-state index is 13.9. The summed E-state index contributed by atoms with van der Waals surface area (Å²) in [6.07, 6.45) is 2.20. The monoisotopic (exact) mass is 331 g/mol. The minimum atomic E-state index is -0.559. The molecule has 0 aromatic heterocycles. The number of halogens is 2. The van der Waals surface area contributed by atoms with Gasteiger partial charge in [-0.1, -0.05) is 12.1 Å². The second-order valence-electron chi connectivity index (χ2n) is 6.10. The van der Waals surface area contributed by atoms with Crippen molar-refractivity contribution in [2.45, 2.75) is 19.4 Å². The molecule has 0 unspecified atom stereocenters. The van der Waals surface area contributed by atoms with Crippen molar-refractivity contribution >= 4 is 5.91 Å². The van der Waals surface area contributed by atoms with Crippen molar-refractivity contribution in [1.82, 2.24) is 4.90 Å². The van der Waals surface area contributed by atoms with Gasteiger partial charge in [-0.3, -0.25) is 4.79 Å². The fourth-order valence-corrected chi connectivity index (χ4v) is 2.62. The van der Waals surface area contributed by atoms with E-state index in [1.54, 1.807) is 23.1 Å². The summed E-state index contributed by atoms with van der Waals surface area (Å²) in [5.74, 6) is -0.489. The number of amides is 1. The molecule has 0 bridgehead atoms. The van der Waals surface area contributed by atoms with Crippen LogP contribution < -0.4 is 4.74 Å². The van der Waals surface area contributed by atoms with Crippen LogP contribution in [-0.4, -0.2) is 24.5 Å². The van der Waals surface area contributed by atoms with Crippen LogP contribution in [0.3, 0.4) is 0 Å². The Hall–Kier alpha value is -2.43. The Kier molecular flexibility index (Phi) is 4.79. The van der Waals surface area contributed by atoms with E-state index in [-0.39, 0.29) is 23.0 Å². The summed E-state index contributed by atoms with van der Waals surface area (Å²) in [5, 5.41) is 0. The highest BCUT2D eigenvalue weighted by molar-refractivity contribution is 5.94. The Morgan fingerprint density at radius 1 is 1.17 bits per heavy atom. The van der Waals surface area contributed by atoms with Crippen LogP contribution in [0, 0.1) is 17.6 Å². The van der Waals surface area contributed by atoms with Gasteiger partial charge in [-0.25, -0.2) is 8.78 Å². The first-order chi connectivity index (χ1) is 11.6. The minimum absolute atomic E-state index is 0.110. The van der Waals surface area contributed by atoms with Gasteiger partial charge in [0.1, 0.15) is 5.82 Å². The van der Waals surface area contributed by atoms with Gasteiger partial charge < -0.3 is 9.64 Å². The van der Waals surface area contributed by atoms with E-state index in [4.69, 9.17) is 4.74 Å². The topological polar surface area (TPSA) is 29.5 Å². The standard InChI is InChI=1S/C19H19F2NO2/c1-24-18-9-6-15(10-17(18)21)19(23)22(11-13-2-3-13)12-14-4-7-16(20)8-5-14/h4-10,13H,2-3,11-12H2,1H3. The highest BCUT2D eigenvalue weighted by Gasteiger charge is 2.27. The fourth-order valence-electron chi connectivity index (χ4n) is 2.62. The molecule has 3 nitrogen and oxygen atoms in total. The lowest BCUT2D eigenvalue weighted by Crippen LogP contribution is -2.32. The van der Waals surface area contributed by atoms with Gasteiger partial charge in [0.25, 0.3) is 5.91 Å². The average Bonchev–Trinajstić information content (AvgIpc) is 3.39. The Morgan fingerprint density at radius 2 is 1.88 bits per heavy atom. The number of nitrogens with zero attached hydrogens (tertiary/aromatic N) is 1. The lowest BCUT2D eigenvalue weighted by atomic mass is 10.1. The molecule has 0 aliphatic heterocycles. The molecule has 0 heterocycles. The molecule has 1 amide bonds. The minimum Gasteiger partial charge on any atom is -0.494 e. The van der Waals surface area contributed by atoms with Gasteiger partial charge in [0.05, 0.1) is 7.11 Å². The highest BCUT2D eigenvalue weighted by Crippen LogP contribution is 2.31. The zero-order valence-corrected chi connectivity index (χ0v) is 13.5. The second kappa shape index (κ2) is 6.99. The Labute approximate surface area is 139 Å². The first kappa shape index (κ1) is 16.4. The number of benzene rings is 2. The molecule has 1 saturated carbocycles. The summed E-state index contributed by atoms with van der Waals surface area (Å²) in [4.78, 5) is 14.5. The SMILES string of the molecule is COc1ccc(C(=O)N(Cc2ccc(F)cc2)CC2CC2)cc1F. The van der Waals surface area contributed by atoms with Crippen molar-refractivity contribution in [3.05, 3.63) is 65.2 Å². The van der Waals surface area contributed by atoms with Crippen LogP contribution in [-0.2, 0) is 6.54 Å². The summed E-state index contributed by atoms with van der Waals surface area (Å²) in [7, 11) is 1.38. The Morgan fingerprint density at radius 3 is 2.46 bits per heavy atom. The molecule has 0 atom stereocenters. The number of methoxy groups -OCH3 is 1. The zero-order valence-electron chi connectivity index (χ0n) is 13.5. The summed E-state index contributed by atoms with van der Waals surface area (Å²) in [6, 6.07) is 10.3. The fraction of sp³-hybridized carbons (Fsp3) is 0.316. The molecule has 0 N–H and O–H groups in total. The maximum Gasteiger partial charge on any atom is 0.254 e. The number of ether oxygens (including phenoxy) is 1. The van der Waals surface area contributed by atoms with Crippen molar-refractivity contribution in [3.63, 3.8) is 0 Å². The first-order valence-electron chi connectivity index (χ1n) is 7.94. The molecule has 0 saturated heterocycles. The summed E-state index contributed by atoms with van der Waals surface area (Å²) < 4.78 is 31.8. The van der Waals surface area contributed by atoms with Gasteiger partial charge in [-0.05, 0) is 54.7 Å². The van der Waals surface area contributed by atoms with Crippen molar-refractivity contribution in [3.8, 4) is 5.75 Å². The van der Waals surface area contributed by atoms with E-state index in [9.17, 15) is 13.6 Å². The van der Waals surface area contributed by atoms with Crippen LogP contribution >= 0.6 is 0 Å². The molecule has 1 aliphatic rings. The third kappa shape index (κ3) is 3.91. The van der Waals surface area contributed by atoms with Gasteiger partial charge in [0.15, 0.2) is 11.6 Å². The van der Waals surface area contributed by atoms with Crippen molar-refractivity contribution in [2.75, 3.05) is 13.7 Å². The van der Waals surface area contributed by atoms with E-state index in [0.717, 1.165) is 18.4 Å². The van der Waals surface area contributed by atoms with Crippen LogP contribution in [0.2, 0.25) is 0 Å². The molecule has 2 aromatic rings. The predicted octanol–water partition coefficient (Wildman–Crippen LogP) is 4.03. The third-order valence-electron chi connectivity index (χ3n) is 4.15. The van der Waals surface area contributed by atoms with E-state index in [0.29, 0.717) is 19.0 Å². The molecule has 1 aliphatic carbocycles. The van der Waals surface area contributed by atoms with E-state index >= 15 is 0 Å². The van der Waals surface area contributed by atoms with Crippen molar-refractivity contribution < 1.29 is 18.3 Å². The van der Waals surface area contributed by atoms with Gasteiger partial charge in [-0.2, -0.15) is 0 Å². The molecule has 24 heavy (non-hydrogen) atoms. The van der Waals surface area contributed by atoms with Crippen LogP contribution in [0.25, 0.3) is 0 Å². The van der Waals surface area contributed by atoms with Crippen LogP contribution in [0.1, 0.15) is 28.8 Å². The molecular weight excluding hydrogens is 312 g/mol. The van der Waals surface area contributed by atoms with Crippen molar-refractivity contribution in [1.29, 1.82) is 0 Å². The number of carbonyl (C=O) groups is 1. The first-order valence-corrected chi connectivity index (χ1v) is 7.94. The Balaban J connectivity index is 1.80. The lowest BCUT2D eigenvalue weighted by molar-refractivity contribution is 0.0734. The molecule has 2 aromatic carbocycles. The second-order valence-corrected chi connectivity index (χ2v) is 6.10. The van der Waals surface area contributed by atoms with Gasteiger partial charge in [-0.15, -0.1) is 0 Å². The maximum absolute atomic E-state index is 13.9. The molecular formula is C19H19F2NO2.